The summed E-state index contributed by atoms with van der Waals surface area (Å²) in [5, 5.41) is 16.2. The second kappa shape index (κ2) is 7.78. The van der Waals surface area contributed by atoms with Crippen LogP contribution in [0.2, 0.25) is 0 Å². The van der Waals surface area contributed by atoms with Gasteiger partial charge in [0.2, 0.25) is 0 Å². The Labute approximate surface area is 117 Å². The van der Waals surface area contributed by atoms with Crippen LogP contribution < -0.4 is 10.6 Å². The zero-order chi connectivity index (χ0) is 14.3. The number of urea groups is 1. The van der Waals surface area contributed by atoms with E-state index >= 15 is 0 Å². The minimum Gasteiger partial charge on any atom is -0.481 e. The summed E-state index contributed by atoms with van der Waals surface area (Å²) in [7, 11) is 0. The molecule has 2 amide bonds. The third-order valence-corrected chi connectivity index (χ3v) is 3.65. The van der Waals surface area contributed by atoms with E-state index in [4.69, 9.17) is 5.11 Å². The van der Waals surface area contributed by atoms with Gasteiger partial charge in [-0.25, -0.2) is 4.79 Å². The molecule has 0 aliphatic carbocycles. The van der Waals surface area contributed by atoms with Gasteiger partial charge in [-0.2, -0.15) is 0 Å². The van der Waals surface area contributed by atoms with Crippen molar-refractivity contribution in [3.63, 3.8) is 0 Å². The second-order valence-corrected chi connectivity index (χ2v) is 5.64. The number of rotatable bonds is 7. The van der Waals surface area contributed by atoms with Crippen molar-refractivity contribution in [1.82, 2.24) is 10.6 Å². The zero-order valence-corrected chi connectivity index (χ0v) is 12.0. The van der Waals surface area contributed by atoms with Gasteiger partial charge in [0.15, 0.2) is 0 Å². The van der Waals surface area contributed by atoms with Crippen molar-refractivity contribution in [3.05, 3.63) is 22.4 Å². The molecule has 0 aromatic carbocycles. The number of nitrogens with one attached hydrogen (secondary N) is 2. The number of carboxylic acids is 1. The summed E-state index contributed by atoms with van der Waals surface area (Å²) < 4.78 is 0. The smallest absolute Gasteiger partial charge is 0.315 e. The SMILES string of the molecule is CC(Cc1cccs1)NC(=O)NCCC(C)C(=O)O. The minimum absolute atomic E-state index is 0.0514. The van der Waals surface area contributed by atoms with E-state index < -0.39 is 11.9 Å². The number of amides is 2. The molecule has 0 bridgehead atoms. The maximum Gasteiger partial charge on any atom is 0.315 e. The van der Waals surface area contributed by atoms with Gasteiger partial charge in [-0.05, 0) is 24.8 Å². The van der Waals surface area contributed by atoms with Crippen molar-refractivity contribution in [1.29, 1.82) is 0 Å². The molecule has 2 atom stereocenters. The number of thiophene rings is 1. The Balaban J connectivity index is 2.18. The van der Waals surface area contributed by atoms with E-state index in [-0.39, 0.29) is 12.1 Å². The average molecular weight is 284 g/mol. The largest absolute Gasteiger partial charge is 0.481 e. The summed E-state index contributed by atoms with van der Waals surface area (Å²) in [5.74, 6) is -1.28. The van der Waals surface area contributed by atoms with Crippen molar-refractivity contribution in [2.24, 2.45) is 5.92 Å². The van der Waals surface area contributed by atoms with E-state index in [1.54, 1.807) is 18.3 Å². The lowest BCUT2D eigenvalue weighted by molar-refractivity contribution is -0.141. The average Bonchev–Trinajstić information content (AvgIpc) is 2.81. The van der Waals surface area contributed by atoms with Crippen LogP contribution in [0.5, 0.6) is 0 Å². The number of hydrogen-bond donors (Lipinski definition) is 3. The molecule has 1 aromatic heterocycles. The summed E-state index contributed by atoms with van der Waals surface area (Å²) in [5.41, 5.74) is 0. The van der Waals surface area contributed by atoms with Gasteiger partial charge in [0.25, 0.3) is 0 Å². The van der Waals surface area contributed by atoms with Crippen molar-refractivity contribution in [2.45, 2.75) is 32.7 Å². The summed E-state index contributed by atoms with van der Waals surface area (Å²) in [6.07, 6.45) is 1.23. The third-order valence-electron chi connectivity index (χ3n) is 2.75. The highest BCUT2D eigenvalue weighted by atomic mass is 32.1. The van der Waals surface area contributed by atoms with Crippen LogP contribution in [0.3, 0.4) is 0 Å². The van der Waals surface area contributed by atoms with Crippen molar-refractivity contribution >= 4 is 23.3 Å². The fourth-order valence-corrected chi connectivity index (χ4v) is 2.42. The van der Waals surface area contributed by atoms with Crippen molar-refractivity contribution in [3.8, 4) is 0 Å². The molecule has 2 unspecified atom stereocenters. The zero-order valence-electron chi connectivity index (χ0n) is 11.2. The molecule has 3 N–H and O–H groups in total. The first-order valence-corrected chi connectivity index (χ1v) is 7.16. The van der Waals surface area contributed by atoms with Crippen LogP contribution in [0.25, 0.3) is 0 Å². The molecular weight excluding hydrogens is 264 g/mol. The quantitative estimate of drug-likeness (QED) is 0.717. The molecule has 106 valence electrons. The lowest BCUT2D eigenvalue weighted by atomic mass is 10.1. The van der Waals surface area contributed by atoms with Crippen molar-refractivity contribution < 1.29 is 14.7 Å². The molecule has 1 rings (SSSR count). The van der Waals surface area contributed by atoms with Crippen LogP contribution in [0.15, 0.2) is 17.5 Å². The topological polar surface area (TPSA) is 78.4 Å². The maximum atomic E-state index is 11.6. The fourth-order valence-electron chi connectivity index (χ4n) is 1.58. The predicted octanol–water partition coefficient (Wildman–Crippen LogP) is 2.09. The van der Waals surface area contributed by atoms with E-state index in [0.29, 0.717) is 13.0 Å². The Morgan fingerprint density at radius 2 is 2.16 bits per heavy atom. The first-order valence-electron chi connectivity index (χ1n) is 6.28. The van der Waals surface area contributed by atoms with Gasteiger partial charge in [0.1, 0.15) is 0 Å². The Morgan fingerprint density at radius 3 is 2.74 bits per heavy atom. The number of aliphatic carboxylic acids is 1. The molecule has 0 aliphatic heterocycles. The molecule has 1 heterocycles. The van der Waals surface area contributed by atoms with Gasteiger partial charge in [-0.1, -0.05) is 13.0 Å². The van der Waals surface area contributed by atoms with E-state index in [2.05, 4.69) is 10.6 Å². The van der Waals surface area contributed by atoms with Crippen LogP contribution >= 0.6 is 11.3 Å². The van der Waals surface area contributed by atoms with Gasteiger partial charge in [0, 0.05) is 23.9 Å². The van der Waals surface area contributed by atoms with Gasteiger partial charge < -0.3 is 15.7 Å². The monoisotopic (exact) mass is 284 g/mol. The molecule has 0 radical (unpaired) electrons. The van der Waals surface area contributed by atoms with Gasteiger partial charge >= 0.3 is 12.0 Å². The Bertz CT molecular complexity index is 406. The van der Waals surface area contributed by atoms with E-state index in [0.717, 1.165) is 6.42 Å². The highest BCUT2D eigenvalue weighted by molar-refractivity contribution is 7.09. The molecule has 0 saturated carbocycles. The van der Waals surface area contributed by atoms with Crippen LogP contribution in [0, 0.1) is 5.92 Å². The van der Waals surface area contributed by atoms with Crippen LogP contribution in [0.4, 0.5) is 4.79 Å². The highest BCUT2D eigenvalue weighted by Crippen LogP contribution is 2.10. The summed E-state index contributed by atoms with van der Waals surface area (Å²) in [4.78, 5) is 23.4. The number of carbonyl (C=O) groups is 2. The molecule has 6 heteroatoms. The van der Waals surface area contributed by atoms with Crippen LogP contribution in [-0.4, -0.2) is 29.7 Å². The Kier molecular flexibility index (Phi) is 6.35. The first-order chi connectivity index (χ1) is 8.99. The normalized spacial score (nSPS) is 13.6. The van der Waals surface area contributed by atoms with Crippen LogP contribution in [0.1, 0.15) is 25.1 Å². The van der Waals surface area contributed by atoms with Gasteiger partial charge in [-0.15, -0.1) is 11.3 Å². The van der Waals surface area contributed by atoms with Crippen LogP contribution in [-0.2, 0) is 11.2 Å². The van der Waals surface area contributed by atoms with Crippen molar-refractivity contribution in [2.75, 3.05) is 6.54 Å². The molecule has 0 spiro atoms. The molecule has 19 heavy (non-hydrogen) atoms. The lowest BCUT2D eigenvalue weighted by Crippen LogP contribution is -2.42. The predicted molar refractivity (Wildman–Crippen MR) is 75.4 cm³/mol. The minimum atomic E-state index is -0.840. The highest BCUT2D eigenvalue weighted by Gasteiger charge is 2.12. The Morgan fingerprint density at radius 1 is 1.42 bits per heavy atom. The first kappa shape index (κ1) is 15.5. The van der Waals surface area contributed by atoms with E-state index in [1.165, 1.54) is 4.88 Å². The van der Waals surface area contributed by atoms with E-state index in [9.17, 15) is 9.59 Å². The maximum absolute atomic E-state index is 11.6. The number of carbonyl (C=O) groups excluding carboxylic acids is 1. The number of hydrogen-bond acceptors (Lipinski definition) is 3. The summed E-state index contributed by atoms with van der Waals surface area (Å²) in [6.45, 7) is 3.94. The molecular formula is C13H20N2O3S. The Hall–Kier alpha value is -1.56. The third kappa shape index (κ3) is 6.24. The molecule has 0 aliphatic rings. The molecule has 5 nitrogen and oxygen atoms in total. The summed E-state index contributed by atoms with van der Waals surface area (Å²) >= 11 is 1.67. The molecule has 0 saturated heterocycles. The van der Waals surface area contributed by atoms with Gasteiger partial charge in [-0.3, -0.25) is 4.79 Å². The van der Waals surface area contributed by atoms with Gasteiger partial charge in [0.05, 0.1) is 5.92 Å². The fraction of sp³-hybridized carbons (Fsp3) is 0.538. The second-order valence-electron chi connectivity index (χ2n) is 4.61. The molecule has 0 fully saturated rings. The van der Waals surface area contributed by atoms with E-state index in [1.807, 2.05) is 24.4 Å². The lowest BCUT2D eigenvalue weighted by Gasteiger charge is -2.14. The number of carboxylic acid groups (broad SMARTS) is 1. The standard InChI is InChI=1S/C13H20N2O3S/c1-9(12(16)17)5-6-14-13(18)15-10(2)8-11-4-3-7-19-11/h3-4,7,9-10H,5-6,8H2,1-2H3,(H,16,17)(H2,14,15,18). The molecule has 1 aromatic rings. The summed E-state index contributed by atoms with van der Waals surface area (Å²) in [6, 6.07) is 3.83.